The first kappa shape index (κ1) is 24.4. The van der Waals surface area contributed by atoms with E-state index < -0.39 is 6.04 Å². The molecule has 178 valence electrons. The van der Waals surface area contributed by atoms with E-state index in [4.69, 9.17) is 38.4 Å². The van der Waals surface area contributed by atoms with Crippen LogP contribution in [-0.2, 0) is 17.6 Å². The summed E-state index contributed by atoms with van der Waals surface area (Å²) in [7, 11) is 3.26. The third-order valence-corrected chi connectivity index (χ3v) is 7.20. The summed E-state index contributed by atoms with van der Waals surface area (Å²) in [6, 6.07) is 18.6. The number of carbonyl (C=O) groups excluding carboxylic acids is 1. The zero-order valence-corrected chi connectivity index (χ0v) is 20.8. The van der Waals surface area contributed by atoms with Gasteiger partial charge in [-0.2, -0.15) is 0 Å². The zero-order valence-electron chi connectivity index (χ0n) is 19.3. The number of methoxy groups -OCH3 is 2. The summed E-state index contributed by atoms with van der Waals surface area (Å²) in [5.41, 5.74) is 10.0. The van der Waals surface area contributed by atoms with E-state index in [-0.39, 0.29) is 11.9 Å². The number of rotatable bonds is 8. The SMILES string of the molecule is COc1cc2c(cc1OC)C(CCc1c(Cl)cccc1Cl)N(C(C(N)=O)c1ccccc1)CC2. The molecule has 0 bridgehead atoms. The lowest BCUT2D eigenvalue weighted by Gasteiger charge is -2.41. The Kier molecular flexibility index (Phi) is 7.67. The van der Waals surface area contributed by atoms with Gasteiger partial charge in [-0.05, 0) is 65.8 Å². The Labute approximate surface area is 210 Å². The summed E-state index contributed by atoms with van der Waals surface area (Å²) in [6.45, 7) is 0.673. The molecule has 7 heteroatoms. The third kappa shape index (κ3) is 4.88. The van der Waals surface area contributed by atoms with E-state index in [9.17, 15) is 4.79 Å². The van der Waals surface area contributed by atoms with Crippen molar-refractivity contribution in [2.75, 3.05) is 20.8 Å². The van der Waals surface area contributed by atoms with Crippen LogP contribution >= 0.6 is 23.2 Å². The normalized spacial score (nSPS) is 16.5. The van der Waals surface area contributed by atoms with Gasteiger partial charge in [0.25, 0.3) is 0 Å². The van der Waals surface area contributed by atoms with Crippen molar-refractivity contribution in [2.24, 2.45) is 5.73 Å². The lowest BCUT2D eigenvalue weighted by molar-refractivity contribution is -0.124. The summed E-state index contributed by atoms with van der Waals surface area (Å²) < 4.78 is 11.1. The molecule has 1 aliphatic heterocycles. The lowest BCUT2D eigenvalue weighted by Crippen LogP contribution is -2.44. The van der Waals surface area contributed by atoms with Crippen LogP contribution in [0.3, 0.4) is 0 Å². The van der Waals surface area contributed by atoms with Crippen LogP contribution in [0.1, 0.15) is 40.8 Å². The molecular weight excluding hydrogens is 471 g/mol. The number of hydrogen-bond donors (Lipinski definition) is 1. The Morgan fingerprint density at radius 2 is 1.68 bits per heavy atom. The fraction of sp³-hybridized carbons (Fsp3) is 0.296. The molecule has 3 aromatic carbocycles. The van der Waals surface area contributed by atoms with Gasteiger partial charge in [0.1, 0.15) is 6.04 Å². The molecule has 2 atom stereocenters. The second-order valence-electron chi connectivity index (χ2n) is 8.36. The van der Waals surface area contributed by atoms with E-state index in [1.807, 2.05) is 60.7 Å². The molecule has 3 aromatic rings. The number of amides is 1. The van der Waals surface area contributed by atoms with Gasteiger partial charge < -0.3 is 15.2 Å². The molecule has 0 spiro atoms. The van der Waals surface area contributed by atoms with Crippen LogP contribution in [0, 0.1) is 0 Å². The average Bonchev–Trinajstić information content (AvgIpc) is 2.84. The van der Waals surface area contributed by atoms with E-state index in [2.05, 4.69) is 4.90 Å². The monoisotopic (exact) mass is 498 g/mol. The van der Waals surface area contributed by atoms with Crippen LogP contribution in [0.4, 0.5) is 0 Å². The Morgan fingerprint density at radius 3 is 2.29 bits per heavy atom. The second-order valence-corrected chi connectivity index (χ2v) is 9.18. The van der Waals surface area contributed by atoms with Crippen molar-refractivity contribution in [3.8, 4) is 11.5 Å². The van der Waals surface area contributed by atoms with Gasteiger partial charge in [0.05, 0.1) is 14.2 Å². The Morgan fingerprint density at radius 1 is 1.03 bits per heavy atom. The molecule has 0 radical (unpaired) electrons. The van der Waals surface area contributed by atoms with Crippen molar-refractivity contribution < 1.29 is 14.3 Å². The fourth-order valence-electron chi connectivity index (χ4n) is 4.88. The molecule has 1 aliphatic rings. The summed E-state index contributed by atoms with van der Waals surface area (Å²) in [5.74, 6) is 0.965. The number of nitrogens with two attached hydrogens (primary N) is 1. The smallest absolute Gasteiger partial charge is 0.239 e. The molecule has 34 heavy (non-hydrogen) atoms. The van der Waals surface area contributed by atoms with Crippen LogP contribution in [-0.4, -0.2) is 31.6 Å². The van der Waals surface area contributed by atoms with Crippen molar-refractivity contribution in [3.63, 3.8) is 0 Å². The number of halogens is 2. The van der Waals surface area contributed by atoms with Crippen LogP contribution < -0.4 is 15.2 Å². The highest BCUT2D eigenvalue weighted by Gasteiger charge is 2.36. The number of ether oxygens (including phenoxy) is 2. The van der Waals surface area contributed by atoms with Gasteiger partial charge in [-0.15, -0.1) is 0 Å². The first-order chi connectivity index (χ1) is 16.4. The number of nitrogens with zero attached hydrogens (tertiary/aromatic N) is 1. The zero-order chi connectivity index (χ0) is 24.2. The molecule has 0 fully saturated rings. The summed E-state index contributed by atoms with van der Waals surface area (Å²) >= 11 is 12.9. The first-order valence-corrected chi connectivity index (χ1v) is 12.0. The van der Waals surface area contributed by atoms with Crippen molar-refractivity contribution in [3.05, 3.63) is 93.0 Å². The van der Waals surface area contributed by atoms with Crippen LogP contribution in [0.25, 0.3) is 0 Å². The standard InChI is InChI=1S/C27H28Cl2N2O3/c1-33-24-15-18-13-14-31(26(27(30)32)17-7-4-3-5-8-17)23(20(18)16-25(24)34-2)12-11-19-21(28)9-6-10-22(19)29/h3-10,15-16,23,26H,11-14H2,1-2H3,(H2,30,32). The van der Waals surface area contributed by atoms with Crippen molar-refractivity contribution in [2.45, 2.75) is 31.3 Å². The number of fused-ring (bicyclic) bond motifs is 1. The highest BCUT2D eigenvalue weighted by atomic mass is 35.5. The largest absolute Gasteiger partial charge is 0.493 e. The number of benzene rings is 3. The molecule has 4 rings (SSSR count). The lowest BCUT2D eigenvalue weighted by atomic mass is 9.86. The first-order valence-electron chi connectivity index (χ1n) is 11.2. The van der Waals surface area contributed by atoms with Gasteiger partial charge in [-0.25, -0.2) is 0 Å². The van der Waals surface area contributed by atoms with Gasteiger partial charge in [-0.3, -0.25) is 9.69 Å². The Hall–Kier alpha value is -2.73. The van der Waals surface area contributed by atoms with Gasteiger partial charge in [0, 0.05) is 22.6 Å². The van der Waals surface area contributed by atoms with Gasteiger partial charge in [-0.1, -0.05) is 59.6 Å². The summed E-state index contributed by atoms with van der Waals surface area (Å²) in [6.07, 6.45) is 2.10. The van der Waals surface area contributed by atoms with Gasteiger partial charge in [0.2, 0.25) is 5.91 Å². The van der Waals surface area contributed by atoms with Gasteiger partial charge in [0.15, 0.2) is 11.5 Å². The fourth-order valence-corrected chi connectivity index (χ4v) is 5.47. The summed E-state index contributed by atoms with van der Waals surface area (Å²) in [5, 5.41) is 1.27. The van der Waals surface area contributed by atoms with E-state index in [1.165, 1.54) is 5.56 Å². The molecule has 1 heterocycles. The predicted molar refractivity (Wildman–Crippen MR) is 136 cm³/mol. The van der Waals surface area contributed by atoms with Crippen LogP contribution in [0.5, 0.6) is 11.5 Å². The quantitative estimate of drug-likeness (QED) is 0.428. The third-order valence-electron chi connectivity index (χ3n) is 6.49. The molecule has 2 N–H and O–H groups in total. The second kappa shape index (κ2) is 10.7. The average molecular weight is 499 g/mol. The van der Waals surface area contributed by atoms with Crippen molar-refractivity contribution in [1.29, 1.82) is 0 Å². The number of carbonyl (C=O) groups is 1. The Bertz CT molecular complexity index is 1150. The summed E-state index contributed by atoms with van der Waals surface area (Å²) in [4.78, 5) is 14.9. The van der Waals surface area contributed by atoms with E-state index in [0.29, 0.717) is 40.9 Å². The topological polar surface area (TPSA) is 64.8 Å². The minimum Gasteiger partial charge on any atom is -0.493 e. The van der Waals surface area contributed by atoms with Crippen molar-refractivity contribution >= 4 is 29.1 Å². The van der Waals surface area contributed by atoms with Crippen LogP contribution in [0.2, 0.25) is 10.0 Å². The molecular formula is C27H28Cl2N2O3. The molecule has 0 saturated heterocycles. The maximum absolute atomic E-state index is 12.8. The molecule has 5 nitrogen and oxygen atoms in total. The molecule has 0 aromatic heterocycles. The van der Waals surface area contributed by atoms with E-state index in [0.717, 1.165) is 23.1 Å². The van der Waals surface area contributed by atoms with Gasteiger partial charge >= 0.3 is 0 Å². The maximum atomic E-state index is 12.8. The number of hydrogen-bond acceptors (Lipinski definition) is 4. The molecule has 0 saturated carbocycles. The Balaban J connectivity index is 1.78. The molecule has 2 unspecified atom stereocenters. The van der Waals surface area contributed by atoms with Crippen LogP contribution in [0.15, 0.2) is 60.7 Å². The van der Waals surface area contributed by atoms with Crippen molar-refractivity contribution in [1.82, 2.24) is 4.90 Å². The minimum absolute atomic E-state index is 0.103. The number of primary amides is 1. The highest BCUT2D eigenvalue weighted by molar-refractivity contribution is 6.35. The highest BCUT2D eigenvalue weighted by Crippen LogP contribution is 2.43. The molecule has 1 amide bonds. The van der Waals surface area contributed by atoms with E-state index in [1.54, 1.807) is 14.2 Å². The molecule has 0 aliphatic carbocycles. The van der Waals surface area contributed by atoms with E-state index >= 15 is 0 Å². The predicted octanol–water partition coefficient (Wildman–Crippen LogP) is 5.77. The maximum Gasteiger partial charge on any atom is 0.239 e. The minimum atomic E-state index is -0.561.